The van der Waals surface area contributed by atoms with Crippen molar-refractivity contribution in [2.45, 2.75) is 0 Å². The molecule has 10 nitrogen and oxygen atoms in total. The largest absolute Gasteiger partial charge is 0.494 e. The quantitative estimate of drug-likeness (QED) is 0.290. The second-order valence-electron chi connectivity index (χ2n) is 9.03. The molecule has 2 aliphatic rings. The maximum atomic E-state index is 7.92. The molecule has 0 bridgehead atoms. The fourth-order valence-corrected chi connectivity index (χ4v) is 4.43. The average molecular weight is 524 g/mol. The number of likely N-dealkylation sites (N-methyl/N-ethyl adjacent to an activating group) is 2. The van der Waals surface area contributed by atoms with E-state index in [2.05, 4.69) is 42.3 Å². The zero-order chi connectivity index (χ0) is 26.4. The van der Waals surface area contributed by atoms with E-state index in [1.807, 2.05) is 37.4 Å². The smallest absolute Gasteiger partial charge is 0.227 e. The lowest BCUT2D eigenvalue weighted by Crippen LogP contribution is -2.46. The van der Waals surface area contributed by atoms with Gasteiger partial charge in [-0.05, 0) is 25.3 Å². The molecule has 0 spiro atoms. The molecule has 0 aliphatic carbocycles. The Morgan fingerprint density at radius 3 is 2.76 bits per heavy atom. The third kappa shape index (κ3) is 6.40. The molecule has 0 unspecified atom stereocenters. The van der Waals surface area contributed by atoms with Gasteiger partial charge in [0, 0.05) is 76.1 Å². The molecule has 0 radical (unpaired) electrons. The van der Waals surface area contributed by atoms with E-state index in [-0.39, 0.29) is 0 Å². The first-order valence-corrected chi connectivity index (χ1v) is 12.5. The molecular formula is C26H34ClN9O. The number of nitrogens with two attached hydrogens (primary N) is 1. The van der Waals surface area contributed by atoms with Crippen LogP contribution < -0.4 is 26.0 Å². The molecule has 1 aromatic heterocycles. The zero-order valence-electron chi connectivity index (χ0n) is 21.5. The number of aromatic nitrogens is 2. The van der Waals surface area contributed by atoms with Crippen LogP contribution >= 0.6 is 11.6 Å². The Balaban J connectivity index is 1.53. The van der Waals surface area contributed by atoms with Crippen molar-refractivity contribution in [3.8, 4) is 5.75 Å². The summed E-state index contributed by atoms with van der Waals surface area (Å²) in [6.07, 6.45) is 10.1. The number of hydrogen-bond acceptors (Lipinski definition) is 10. The van der Waals surface area contributed by atoms with Gasteiger partial charge in [0.15, 0.2) is 0 Å². The Bertz CT molecular complexity index is 1220. The molecule has 2 aliphatic heterocycles. The van der Waals surface area contributed by atoms with Gasteiger partial charge in [-0.1, -0.05) is 17.7 Å². The number of nitrogens with zero attached hydrogens (tertiary/aromatic N) is 5. The number of halogens is 1. The van der Waals surface area contributed by atoms with Gasteiger partial charge in [-0.15, -0.1) is 0 Å². The average Bonchev–Trinajstić information content (AvgIpc) is 2.91. The van der Waals surface area contributed by atoms with Crippen LogP contribution in [0.25, 0.3) is 5.57 Å². The first-order chi connectivity index (χ1) is 17.9. The van der Waals surface area contributed by atoms with E-state index in [1.54, 1.807) is 13.3 Å². The third-order valence-electron chi connectivity index (χ3n) is 6.50. The predicted molar refractivity (Wildman–Crippen MR) is 152 cm³/mol. The van der Waals surface area contributed by atoms with Crippen molar-refractivity contribution in [2.24, 2.45) is 0 Å². The fraction of sp³-hybridized carbons (Fsp3) is 0.346. The number of ether oxygens (including phenoxy) is 1. The van der Waals surface area contributed by atoms with E-state index in [1.165, 1.54) is 12.4 Å². The SMILES string of the molecule is COc1cc(N(C)CCN2CCN(C)CC2)c(N)cc1Nc1ncc(Cl)c(/C(C=N)=C2\C=CC=CN2)n1. The molecule has 1 aromatic carbocycles. The van der Waals surface area contributed by atoms with Gasteiger partial charge < -0.3 is 36.3 Å². The van der Waals surface area contributed by atoms with Crippen molar-refractivity contribution < 1.29 is 4.74 Å². The molecule has 5 N–H and O–H groups in total. The topological polar surface area (TPSA) is 119 Å². The predicted octanol–water partition coefficient (Wildman–Crippen LogP) is 3.18. The lowest BCUT2D eigenvalue weighted by Gasteiger charge is -2.34. The van der Waals surface area contributed by atoms with Gasteiger partial charge in [0.25, 0.3) is 0 Å². The number of anilines is 4. The maximum absolute atomic E-state index is 7.92. The van der Waals surface area contributed by atoms with Gasteiger partial charge in [-0.25, -0.2) is 9.97 Å². The number of hydrogen-bond donors (Lipinski definition) is 4. The molecule has 4 rings (SSSR count). The number of nitrogens with one attached hydrogen (secondary N) is 3. The summed E-state index contributed by atoms with van der Waals surface area (Å²) in [7, 11) is 5.82. The van der Waals surface area contributed by atoms with Gasteiger partial charge >= 0.3 is 0 Å². The Labute approximate surface area is 223 Å². The molecule has 0 atom stereocenters. The Hall–Kier alpha value is -3.60. The summed E-state index contributed by atoms with van der Waals surface area (Å²) < 4.78 is 5.67. The van der Waals surface area contributed by atoms with E-state index < -0.39 is 0 Å². The minimum absolute atomic E-state index is 0.309. The van der Waals surface area contributed by atoms with Crippen molar-refractivity contribution >= 4 is 46.4 Å². The number of methoxy groups -OCH3 is 1. The molecule has 0 saturated carbocycles. The number of allylic oxidation sites excluding steroid dienone is 4. The summed E-state index contributed by atoms with van der Waals surface area (Å²) in [5.74, 6) is 0.923. The number of rotatable bonds is 9. The van der Waals surface area contributed by atoms with Crippen LogP contribution in [-0.4, -0.2) is 86.5 Å². The van der Waals surface area contributed by atoms with E-state index in [9.17, 15) is 0 Å². The van der Waals surface area contributed by atoms with Crippen LogP contribution in [0.3, 0.4) is 0 Å². The van der Waals surface area contributed by atoms with Gasteiger partial charge in [-0.2, -0.15) is 0 Å². The molecule has 196 valence electrons. The molecule has 3 heterocycles. The lowest BCUT2D eigenvalue weighted by atomic mass is 10.1. The third-order valence-corrected chi connectivity index (χ3v) is 6.77. The monoisotopic (exact) mass is 523 g/mol. The normalized spacial score (nSPS) is 17.3. The lowest BCUT2D eigenvalue weighted by molar-refractivity contribution is 0.157. The van der Waals surface area contributed by atoms with Crippen LogP contribution in [0.5, 0.6) is 5.75 Å². The molecule has 11 heteroatoms. The number of dihydropyridines is 1. The number of nitrogen functional groups attached to an aromatic ring is 1. The highest BCUT2D eigenvalue weighted by molar-refractivity contribution is 6.33. The van der Waals surface area contributed by atoms with E-state index in [4.69, 9.17) is 27.5 Å². The minimum atomic E-state index is 0.309. The van der Waals surface area contributed by atoms with Crippen molar-refractivity contribution in [3.63, 3.8) is 0 Å². The standard InChI is InChI=1S/C26H34ClN9O/c1-34-8-11-36(12-9-34)13-10-35(2)23-15-24(37-3)22(14-20(23)29)32-26-31-17-19(27)25(33-26)18(16-28)21-6-4-5-7-30-21/h4-7,14-17,28,30H,8-13,29H2,1-3H3,(H,31,32,33)/b21-18+,28-16?. The Morgan fingerprint density at radius 1 is 1.30 bits per heavy atom. The summed E-state index contributed by atoms with van der Waals surface area (Å²) in [5.41, 5.74) is 10.3. The molecule has 37 heavy (non-hydrogen) atoms. The molecule has 0 amide bonds. The molecule has 1 saturated heterocycles. The number of piperazine rings is 1. The molecular weight excluding hydrogens is 490 g/mol. The summed E-state index contributed by atoms with van der Waals surface area (Å²) >= 11 is 6.41. The first-order valence-electron chi connectivity index (χ1n) is 12.1. The summed E-state index contributed by atoms with van der Waals surface area (Å²) in [5, 5.41) is 14.6. The number of benzene rings is 1. The van der Waals surface area contributed by atoms with Gasteiger partial charge in [0.05, 0.1) is 41.1 Å². The molecule has 2 aromatic rings. The van der Waals surface area contributed by atoms with Crippen LogP contribution in [0.1, 0.15) is 5.69 Å². The highest BCUT2D eigenvalue weighted by atomic mass is 35.5. The Kier molecular flexibility index (Phi) is 8.65. The van der Waals surface area contributed by atoms with Crippen molar-refractivity contribution in [3.05, 3.63) is 59.2 Å². The maximum Gasteiger partial charge on any atom is 0.227 e. The fourth-order valence-electron chi connectivity index (χ4n) is 4.24. The van der Waals surface area contributed by atoms with Gasteiger partial charge in [0.2, 0.25) is 5.95 Å². The highest BCUT2D eigenvalue weighted by Gasteiger charge is 2.18. The first kappa shape index (κ1) is 26.5. The zero-order valence-corrected chi connectivity index (χ0v) is 22.2. The summed E-state index contributed by atoms with van der Waals surface area (Å²) in [6, 6.07) is 3.75. The van der Waals surface area contributed by atoms with Crippen molar-refractivity contribution in [1.29, 1.82) is 5.41 Å². The summed E-state index contributed by atoms with van der Waals surface area (Å²) in [4.78, 5) is 15.9. The second kappa shape index (κ2) is 12.1. The van der Waals surface area contributed by atoms with Crippen LogP contribution in [0, 0.1) is 5.41 Å². The minimum Gasteiger partial charge on any atom is -0.494 e. The van der Waals surface area contributed by atoms with Crippen LogP contribution in [0.4, 0.5) is 23.0 Å². The van der Waals surface area contributed by atoms with Crippen LogP contribution in [-0.2, 0) is 0 Å². The van der Waals surface area contributed by atoms with Gasteiger partial charge in [-0.3, -0.25) is 4.90 Å². The summed E-state index contributed by atoms with van der Waals surface area (Å²) in [6.45, 7) is 6.17. The van der Waals surface area contributed by atoms with Gasteiger partial charge in [0.1, 0.15) is 5.75 Å². The highest BCUT2D eigenvalue weighted by Crippen LogP contribution is 2.36. The van der Waals surface area contributed by atoms with E-state index >= 15 is 0 Å². The van der Waals surface area contributed by atoms with E-state index in [0.29, 0.717) is 39.4 Å². The Morgan fingerprint density at radius 2 is 2.08 bits per heavy atom. The van der Waals surface area contributed by atoms with Crippen LogP contribution in [0.2, 0.25) is 5.02 Å². The van der Waals surface area contributed by atoms with Crippen molar-refractivity contribution in [1.82, 2.24) is 25.1 Å². The van der Waals surface area contributed by atoms with Crippen molar-refractivity contribution in [2.75, 3.05) is 76.4 Å². The van der Waals surface area contributed by atoms with E-state index in [0.717, 1.165) is 50.7 Å². The molecule has 1 fully saturated rings. The second-order valence-corrected chi connectivity index (χ2v) is 9.43. The van der Waals surface area contributed by atoms with Crippen LogP contribution in [0.15, 0.2) is 48.5 Å².